The molecule has 0 unspecified atom stereocenters. The molecular weight excluding hydrogens is 361 g/mol. The average Bonchev–Trinajstić information content (AvgIpc) is 2.72. The second-order valence-electron chi connectivity index (χ2n) is 4.20. The van der Waals surface area contributed by atoms with Gasteiger partial charge in [0.05, 0.1) is 9.35 Å². The van der Waals surface area contributed by atoms with Gasteiger partial charge >= 0.3 is 6.18 Å². The zero-order valence-corrected chi connectivity index (χ0v) is 13.1. The molecule has 0 aliphatic rings. The van der Waals surface area contributed by atoms with E-state index in [1.807, 2.05) is 0 Å². The normalized spacial score (nSPS) is 11.3. The molecule has 0 spiro atoms. The lowest BCUT2D eigenvalue weighted by Crippen LogP contribution is -2.44. The van der Waals surface area contributed by atoms with E-state index in [9.17, 15) is 22.8 Å². The third kappa shape index (κ3) is 5.12. The third-order valence-corrected chi connectivity index (χ3v) is 3.80. The van der Waals surface area contributed by atoms with Crippen molar-refractivity contribution in [3.05, 3.63) is 20.8 Å². The highest BCUT2D eigenvalue weighted by Gasteiger charge is 2.34. The highest BCUT2D eigenvalue weighted by Crippen LogP contribution is 2.23. The molecule has 9 heteroatoms. The number of carbonyl (C=O) groups is 2. The standard InChI is InChI=1S/C11H12BrF3N2O2S/c1-16(2)9(18)4-17(6-11(13,14)15)10(19)7-3-8(12)20-5-7/h3,5H,4,6H2,1-2H3. The molecule has 1 aromatic heterocycles. The maximum atomic E-state index is 12.5. The van der Waals surface area contributed by atoms with E-state index in [0.717, 1.165) is 4.90 Å². The van der Waals surface area contributed by atoms with E-state index in [2.05, 4.69) is 15.9 Å². The molecule has 0 aromatic carbocycles. The second kappa shape index (κ2) is 6.57. The lowest BCUT2D eigenvalue weighted by Gasteiger charge is -2.24. The molecule has 4 nitrogen and oxygen atoms in total. The summed E-state index contributed by atoms with van der Waals surface area (Å²) in [4.78, 5) is 25.2. The van der Waals surface area contributed by atoms with Crippen LogP contribution in [0.1, 0.15) is 10.4 Å². The first kappa shape index (κ1) is 17.0. The molecule has 0 atom stereocenters. The maximum Gasteiger partial charge on any atom is 0.406 e. The minimum atomic E-state index is -4.56. The van der Waals surface area contributed by atoms with Gasteiger partial charge in [0, 0.05) is 19.5 Å². The van der Waals surface area contributed by atoms with Crippen LogP contribution in [0, 0.1) is 0 Å². The predicted octanol–water partition coefficient (Wildman–Crippen LogP) is 2.60. The topological polar surface area (TPSA) is 40.6 Å². The molecule has 112 valence electrons. The Balaban J connectivity index is 2.92. The average molecular weight is 373 g/mol. The number of hydrogen-bond acceptors (Lipinski definition) is 3. The Bertz CT molecular complexity index is 502. The smallest absolute Gasteiger partial charge is 0.347 e. The molecule has 1 heterocycles. The Kier molecular flexibility index (Phi) is 5.58. The first-order chi connectivity index (χ1) is 9.10. The monoisotopic (exact) mass is 372 g/mol. The number of rotatable bonds is 4. The van der Waals surface area contributed by atoms with Crippen LogP contribution in [0.5, 0.6) is 0 Å². The summed E-state index contributed by atoms with van der Waals surface area (Å²) in [7, 11) is 2.83. The Hall–Kier alpha value is -1.09. The van der Waals surface area contributed by atoms with E-state index in [0.29, 0.717) is 8.69 Å². The molecule has 1 rings (SSSR count). The summed E-state index contributed by atoms with van der Waals surface area (Å²) in [5.74, 6) is -1.39. The predicted molar refractivity (Wildman–Crippen MR) is 72.7 cm³/mol. The van der Waals surface area contributed by atoms with Crippen molar-refractivity contribution in [1.82, 2.24) is 9.80 Å². The van der Waals surface area contributed by atoms with E-state index in [4.69, 9.17) is 0 Å². The number of halogens is 4. The van der Waals surface area contributed by atoms with Gasteiger partial charge in [-0.2, -0.15) is 13.2 Å². The molecule has 20 heavy (non-hydrogen) atoms. The highest BCUT2D eigenvalue weighted by atomic mass is 79.9. The van der Waals surface area contributed by atoms with Gasteiger partial charge in [0.15, 0.2) is 0 Å². The van der Waals surface area contributed by atoms with Crippen LogP contribution in [0.25, 0.3) is 0 Å². The molecule has 0 saturated carbocycles. The summed E-state index contributed by atoms with van der Waals surface area (Å²) in [6, 6.07) is 1.43. The van der Waals surface area contributed by atoms with E-state index in [1.165, 1.54) is 36.9 Å². The lowest BCUT2D eigenvalue weighted by molar-refractivity contribution is -0.146. The van der Waals surface area contributed by atoms with Gasteiger partial charge in [-0.1, -0.05) is 0 Å². The highest BCUT2D eigenvalue weighted by molar-refractivity contribution is 9.11. The fourth-order valence-electron chi connectivity index (χ4n) is 1.33. The van der Waals surface area contributed by atoms with Gasteiger partial charge in [0.1, 0.15) is 13.1 Å². The first-order valence-electron chi connectivity index (χ1n) is 5.40. The van der Waals surface area contributed by atoms with Crippen molar-refractivity contribution < 1.29 is 22.8 Å². The summed E-state index contributed by atoms with van der Waals surface area (Å²) < 4.78 is 38.2. The molecule has 0 aliphatic carbocycles. The van der Waals surface area contributed by atoms with Crippen LogP contribution in [0.15, 0.2) is 15.2 Å². The van der Waals surface area contributed by atoms with Crippen molar-refractivity contribution in [2.24, 2.45) is 0 Å². The van der Waals surface area contributed by atoms with Crippen molar-refractivity contribution in [3.8, 4) is 0 Å². The summed E-state index contributed by atoms with van der Waals surface area (Å²) in [6.07, 6.45) is -4.56. The zero-order valence-electron chi connectivity index (χ0n) is 10.7. The molecule has 0 N–H and O–H groups in total. The number of carbonyl (C=O) groups excluding carboxylic acids is 2. The van der Waals surface area contributed by atoms with Gasteiger partial charge in [0.2, 0.25) is 5.91 Å². The van der Waals surface area contributed by atoms with Crippen LogP contribution in [-0.2, 0) is 4.79 Å². The lowest BCUT2D eigenvalue weighted by atomic mass is 10.3. The van der Waals surface area contributed by atoms with Crippen LogP contribution in [0.2, 0.25) is 0 Å². The fourth-order valence-corrected chi connectivity index (χ4v) is 2.46. The van der Waals surface area contributed by atoms with Crippen LogP contribution in [-0.4, -0.2) is 55.0 Å². The summed E-state index contributed by atoms with van der Waals surface area (Å²) in [5, 5.41) is 1.44. The molecule has 1 aromatic rings. The zero-order chi connectivity index (χ0) is 15.5. The number of amides is 2. The maximum absolute atomic E-state index is 12.5. The van der Waals surface area contributed by atoms with Crippen molar-refractivity contribution in [2.45, 2.75) is 6.18 Å². The van der Waals surface area contributed by atoms with E-state index >= 15 is 0 Å². The minimum absolute atomic E-state index is 0.123. The Labute approximate surface area is 126 Å². The minimum Gasteiger partial charge on any atom is -0.347 e. The molecule has 2 amide bonds. The van der Waals surface area contributed by atoms with Gasteiger partial charge in [-0.3, -0.25) is 9.59 Å². The van der Waals surface area contributed by atoms with Gasteiger partial charge in [-0.05, 0) is 22.0 Å². The Morgan fingerprint density at radius 3 is 2.35 bits per heavy atom. The van der Waals surface area contributed by atoms with Gasteiger partial charge < -0.3 is 9.80 Å². The quantitative estimate of drug-likeness (QED) is 0.814. The fraction of sp³-hybridized carbons (Fsp3) is 0.455. The number of alkyl halides is 3. The third-order valence-electron chi connectivity index (χ3n) is 2.30. The molecule has 0 saturated heterocycles. The van der Waals surface area contributed by atoms with Crippen LogP contribution in [0.4, 0.5) is 13.2 Å². The van der Waals surface area contributed by atoms with E-state index in [1.54, 1.807) is 0 Å². The van der Waals surface area contributed by atoms with Gasteiger partial charge in [-0.25, -0.2) is 0 Å². The van der Waals surface area contributed by atoms with Gasteiger partial charge in [-0.15, -0.1) is 11.3 Å². The summed E-state index contributed by atoms with van der Waals surface area (Å²) in [5.41, 5.74) is 0.123. The Morgan fingerprint density at radius 1 is 1.35 bits per heavy atom. The second-order valence-corrected chi connectivity index (χ2v) is 6.49. The van der Waals surface area contributed by atoms with E-state index in [-0.39, 0.29) is 5.56 Å². The Morgan fingerprint density at radius 2 is 1.95 bits per heavy atom. The number of hydrogen-bond donors (Lipinski definition) is 0. The number of thiophene rings is 1. The summed E-state index contributed by atoms with van der Waals surface area (Å²) in [6.45, 7) is -2.07. The molecule has 0 aliphatic heterocycles. The van der Waals surface area contributed by atoms with Crippen molar-refractivity contribution in [2.75, 3.05) is 27.2 Å². The van der Waals surface area contributed by atoms with Crippen LogP contribution >= 0.6 is 27.3 Å². The SMILES string of the molecule is CN(C)C(=O)CN(CC(F)(F)F)C(=O)c1csc(Br)c1. The number of likely N-dealkylation sites (N-methyl/N-ethyl adjacent to an activating group) is 1. The van der Waals surface area contributed by atoms with Crippen LogP contribution in [0.3, 0.4) is 0 Å². The van der Waals surface area contributed by atoms with Gasteiger partial charge in [0.25, 0.3) is 5.91 Å². The summed E-state index contributed by atoms with van der Waals surface area (Å²) >= 11 is 4.32. The molecular formula is C11H12BrF3N2O2S. The van der Waals surface area contributed by atoms with Crippen molar-refractivity contribution >= 4 is 39.1 Å². The van der Waals surface area contributed by atoms with Crippen molar-refractivity contribution in [1.29, 1.82) is 0 Å². The number of nitrogens with zero attached hydrogens (tertiary/aromatic N) is 2. The van der Waals surface area contributed by atoms with Crippen LogP contribution < -0.4 is 0 Å². The van der Waals surface area contributed by atoms with Crippen molar-refractivity contribution in [3.63, 3.8) is 0 Å². The largest absolute Gasteiger partial charge is 0.406 e. The first-order valence-corrected chi connectivity index (χ1v) is 7.07. The molecule has 0 fully saturated rings. The van der Waals surface area contributed by atoms with E-state index < -0.39 is 31.1 Å². The molecule has 0 radical (unpaired) electrons. The molecule has 0 bridgehead atoms.